The Bertz CT molecular complexity index is 921. The number of hydrogen-bond acceptors (Lipinski definition) is 3. The summed E-state index contributed by atoms with van der Waals surface area (Å²) in [4.78, 5) is 11.8. The lowest BCUT2D eigenvalue weighted by Gasteiger charge is -2.15. The molecule has 124 valence electrons. The molecule has 0 spiro atoms. The van der Waals surface area contributed by atoms with Crippen LogP contribution in [0.15, 0.2) is 36.4 Å². The Hall–Kier alpha value is -2.96. The van der Waals surface area contributed by atoms with Crippen LogP contribution in [0.5, 0.6) is 5.75 Å². The molecule has 1 amide bonds. The number of methoxy groups -OCH3 is 1. The summed E-state index contributed by atoms with van der Waals surface area (Å²) in [5.41, 5.74) is 6.36. The summed E-state index contributed by atoms with van der Waals surface area (Å²) in [5, 5.41) is 4.45. The number of primary amides is 1. The molecular weight excluding hydrogens is 316 g/mol. The fourth-order valence-electron chi connectivity index (χ4n) is 2.91. The summed E-state index contributed by atoms with van der Waals surface area (Å²) in [6, 6.07) is 9.96. The second-order valence-corrected chi connectivity index (χ2v) is 5.27. The first-order chi connectivity index (χ1) is 11.5. The van der Waals surface area contributed by atoms with E-state index in [9.17, 15) is 13.6 Å². The van der Waals surface area contributed by atoms with E-state index in [4.69, 9.17) is 10.5 Å². The molecular formula is C17H15F2N3O2. The van der Waals surface area contributed by atoms with Gasteiger partial charge in [0, 0.05) is 18.2 Å². The molecule has 0 radical (unpaired) electrons. The first-order valence-electron chi connectivity index (χ1n) is 7.16. The summed E-state index contributed by atoms with van der Waals surface area (Å²) in [6.45, 7) is 0. The predicted octanol–water partition coefficient (Wildman–Crippen LogP) is 3.29. The van der Waals surface area contributed by atoms with Crippen molar-refractivity contribution in [3.05, 3.63) is 47.7 Å². The Labute approximate surface area is 136 Å². The van der Waals surface area contributed by atoms with Crippen LogP contribution in [-0.2, 0) is 7.05 Å². The molecule has 2 aromatic carbocycles. The lowest BCUT2D eigenvalue weighted by atomic mass is 9.95. The molecule has 3 rings (SSSR count). The van der Waals surface area contributed by atoms with Crippen LogP contribution in [0.4, 0.5) is 8.78 Å². The molecule has 0 aliphatic carbocycles. The zero-order valence-corrected chi connectivity index (χ0v) is 13.1. The maximum Gasteiger partial charge on any atom is 0.267 e. The van der Waals surface area contributed by atoms with Crippen molar-refractivity contribution < 1.29 is 18.3 Å². The number of aromatic nitrogens is 2. The van der Waals surface area contributed by atoms with Gasteiger partial charge >= 0.3 is 0 Å². The fourth-order valence-corrected chi connectivity index (χ4v) is 2.91. The van der Waals surface area contributed by atoms with Gasteiger partial charge < -0.3 is 10.5 Å². The third-order valence-corrected chi connectivity index (χ3v) is 3.84. The number of amides is 1. The third-order valence-electron chi connectivity index (χ3n) is 3.84. The lowest BCUT2D eigenvalue weighted by Crippen LogP contribution is -2.16. The Balaban J connectivity index is 2.50. The molecule has 0 unspecified atom stereocenters. The summed E-state index contributed by atoms with van der Waals surface area (Å²) < 4.78 is 34.0. The van der Waals surface area contributed by atoms with Crippen LogP contribution in [0.3, 0.4) is 0 Å². The highest BCUT2D eigenvalue weighted by atomic mass is 19.3. The normalized spacial score (nSPS) is 11.2. The number of benzene rings is 2. The molecule has 1 aromatic heterocycles. The number of carbonyl (C=O) groups is 1. The molecule has 0 saturated carbocycles. The van der Waals surface area contributed by atoms with E-state index in [2.05, 4.69) is 5.10 Å². The van der Waals surface area contributed by atoms with E-state index in [-0.39, 0.29) is 28.1 Å². The molecule has 0 fully saturated rings. The standard InChI is InChI=1S/C17H15F2N3O2/c1-22-14(17(20)23)13-11(21-22)8-10(16(18)19)12(15(13)24-2)9-6-4-3-5-7-9/h3-8,16H,1-2H3,(H2,20,23). The second-order valence-electron chi connectivity index (χ2n) is 5.27. The average molecular weight is 331 g/mol. The fraction of sp³-hybridized carbons (Fsp3) is 0.176. The maximum absolute atomic E-state index is 13.6. The molecule has 3 aromatic rings. The number of halogens is 2. The van der Waals surface area contributed by atoms with E-state index in [0.717, 1.165) is 0 Å². The number of alkyl halides is 2. The van der Waals surface area contributed by atoms with E-state index < -0.39 is 12.3 Å². The van der Waals surface area contributed by atoms with Gasteiger partial charge in [0.15, 0.2) is 0 Å². The van der Waals surface area contributed by atoms with Gasteiger partial charge in [0.25, 0.3) is 12.3 Å². The van der Waals surface area contributed by atoms with Crippen molar-refractivity contribution in [1.29, 1.82) is 0 Å². The first kappa shape index (κ1) is 15.9. The van der Waals surface area contributed by atoms with E-state index in [1.807, 2.05) is 0 Å². The van der Waals surface area contributed by atoms with Gasteiger partial charge in [-0.15, -0.1) is 0 Å². The van der Waals surface area contributed by atoms with Crippen LogP contribution in [0.2, 0.25) is 0 Å². The van der Waals surface area contributed by atoms with Crippen molar-refractivity contribution in [2.75, 3.05) is 7.11 Å². The van der Waals surface area contributed by atoms with Gasteiger partial charge in [-0.25, -0.2) is 8.78 Å². The molecule has 0 bridgehead atoms. The van der Waals surface area contributed by atoms with E-state index >= 15 is 0 Å². The zero-order chi connectivity index (χ0) is 17.4. The number of fused-ring (bicyclic) bond motifs is 1. The van der Waals surface area contributed by atoms with Gasteiger partial charge in [0.2, 0.25) is 0 Å². The molecule has 0 aliphatic heterocycles. The lowest BCUT2D eigenvalue weighted by molar-refractivity contribution is 0.0992. The molecule has 5 nitrogen and oxygen atoms in total. The quantitative estimate of drug-likeness (QED) is 0.797. The number of aryl methyl sites for hydroxylation is 1. The van der Waals surface area contributed by atoms with Gasteiger partial charge in [-0.05, 0) is 11.6 Å². The number of nitrogens with two attached hydrogens (primary N) is 1. The number of ether oxygens (including phenoxy) is 1. The molecule has 0 aliphatic rings. The largest absolute Gasteiger partial charge is 0.495 e. The minimum absolute atomic E-state index is 0.111. The Morgan fingerprint density at radius 2 is 1.96 bits per heavy atom. The molecule has 0 atom stereocenters. The van der Waals surface area contributed by atoms with Crippen LogP contribution in [-0.4, -0.2) is 22.8 Å². The Kier molecular flexibility index (Phi) is 3.92. The number of rotatable bonds is 4. The highest BCUT2D eigenvalue weighted by Crippen LogP contribution is 2.44. The minimum Gasteiger partial charge on any atom is -0.495 e. The molecule has 7 heteroatoms. The van der Waals surface area contributed by atoms with Gasteiger partial charge in [0.1, 0.15) is 11.4 Å². The Morgan fingerprint density at radius 1 is 1.29 bits per heavy atom. The maximum atomic E-state index is 13.6. The van der Waals surface area contributed by atoms with Crippen LogP contribution in [0.1, 0.15) is 22.5 Å². The molecule has 1 heterocycles. The number of hydrogen-bond donors (Lipinski definition) is 1. The summed E-state index contributed by atoms with van der Waals surface area (Å²) >= 11 is 0. The van der Waals surface area contributed by atoms with Gasteiger partial charge in [0.05, 0.1) is 18.0 Å². The van der Waals surface area contributed by atoms with Crippen LogP contribution in [0.25, 0.3) is 22.0 Å². The average Bonchev–Trinajstić information content (AvgIpc) is 2.89. The third kappa shape index (κ3) is 2.38. The van der Waals surface area contributed by atoms with E-state index in [1.54, 1.807) is 30.3 Å². The monoisotopic (exact) mass is 331 g/mol. The first-order valence-corrected chi connectivity index (χ1v) is 7.16. The van der Waals surface area contributed by atoms with Crippen molar-refractivity contribution in [1.82, 2.24) is 9.78 Å². The van der Waals surface area contributed by atoms with Crippen molar-refractivity contribution in [3.8, 4) is 16.9 Å². The van der Waals surface area contributed by atoms with Gasteiger partial charge in [-0.3, -0.25) is 9.48 Å². The highest BCUT2D eigenvalue weighted by Gasteiger charge is 2.27. The van der Waals surface area contributed by atoms with Crippen LogP contribution in [0, 0.1) is 0 Å². The van der Waals surface area contributed by atoms with E-state index in [0.29, 0.717) is 10.9 Å². The molecule has 0 saturated heterocycles. The predicted molar refractivity (Wildman–Crippen MR) is 86.2 cm³/mol. The molecule has 24 heavy (non-hydrogen) atoms. The topological polar surface area (TPSA) is 70.1 Å². The van der Waals surface area contributed by atoms with Crippen LogP contribution >= 0.6 is 0 Å². The SMILES string of the molecule is COc1c(-c2ccccc2)c(C(F)F)cc2nn(C)c(C(N)=O)c12. The minimum atomic E-state index is -2.72. The number of carbonyl (C=O) groups excluding carboxylic acids is 1. The molecule has 2 N–H and O–H groups in total. The van der Waals surface area contributed by atoms with Crippen molar-refractivity contribution in [2.45, 2.75) is 6.43 Å². The number of nitrogens with zero attached hydrogens (tertiary/aromatic N) is 2. The zero-order valence-electron chi connectivity index (χ0n) is 13.1. The van der Waals surface area contributed by atoms with Crippen molar-refractivity contribution in [2.24, 2.45) is 12.8 Å². The van der Waals surface area contributed by atoms with Gasteiger partial charge in [-0.1, -0.05) is 30.3 Å². The van der Waals surface area contributed by atoms with E-state index in [1.165, 1.54) is 24.9 Å². The van der Waals surface area contributed by atoms with Crippen molar-refractivity contribution >= 4 is 16.8 Å². The second kappa shape index (κ2) is 5.92. The summed E-state index contributed by atoms with van der Waals surface area (Å²) in [6.07, 6.45) is -2.72. The summed E-state index contributed by atoms with van der Waals surface area (Å²) in [5.74, 6) is -0.544. The smallest absolute Gasteiger partial charge is 0.267 e. The highest BCUT2D eigenvalue weighted by molar-refractivity contribution is 6.09. The van der Waals surface area contributed by atoms with Gasteiger partial charge in [-0.2, -0.15) is 5.10 Å². The Morgan fingerprint density at radius 3 is 2.50 bits per heavy atom. The van der Waals surface area contributed by atoms with Crippen LogP contribution < -0.4 is 10.5 Å². The summed E-state index contributed by atoms with van der Waals surface area (Å²) in [7, 11) is 2.90. The van der Waals surface area contributed by atoms with Crippen molar-refractivity contribution in [3.63, 3.8) is 0 Å².